The second-order valence-corrected chi connectivity index (χ2v) is 8.38. The van der Waals surface area contributed by atoms with Gasteiger partial charge < -0.3 is 37.6 Å². The van der Waals surface area contributed by atoms with Crippen LogP contribution in [0.15, 0.2) is 24.3 Å². The molecule has 1 aromatic rings. The number of carboxylic acids is 1. The van der Waals surface area contributed by atoms with E-state index in [4.69, 9.17) is 11.5 Å². The van der Waals surface area contributed by atoms with Gasteiger partial charge in [0.2, 0.25) is 23.6 Å². The molecule has 13 heteroatoms. The molecule has 0 saturated heterocycles. The summed E-state index contributed by atoms with van der Waals surface area (Å²) in [6.45, 7) is 3.40. The van der Waals surface area contributed by atoms with Gasteiger partial charge in [-0.1, -0.05) is 26.0 Å². The van der Waals surface area contributed by atoms with Gasteiger partial charge in [-0.2, -0.15) is 12.6 Å². The summed E-state index contributed by atoms with van der Waals surface area (Å²) in [5, 5.41) is 25.7. The molecule has 0 aliphatic carbocycles. The maximum Gasteiger partial charge on any atom is 0.327 e. The number of aliphatic carboxylic acids is 1. The van der Waals surface area contributed by atoms with E-state index in [9.17, 15) is 34.2 Å². The Hall–Kier alpha value is -3.32. The molecule has 0 aliphatic rings. The van der Waals surface area contributed by atoms with Gasteiger partial charge in [0.25, 0.3) is 0 Å². The van der Waals surface area contributed by atoms with Crippen LogP contribution in [0.25, 0.3) is 0 Å². The molecular weight excluding hydrogens is 466 g/mol. The van der Waals surface area contributed by atoms with Crippen LogP contribution in [0, 0.1) is 5.92 Å². The summed E-state index contributed by atoms with van der Waals surface area (Å²) in [5.74, 6) is -5.06. The van der Waals surface area contributed by atoms with E-state index in [0.29, 0.717) is 5.56 Å². The topological polar surface area (TPSA) is 214 Å². The lowest BCUT2D eigenvalue weighted by Crippen LogP contribution is -2.58. The van der Waals surface area contributed by atoms with E-state index in [1.54, 1.807) is 13.8 Å². The first-order valence-electron chi connectivity index (χ1n) is 10.4. The van der Waals surface area contributed by atoms with Crippen LogP contribution in [-0.4, -0.2) is 69.7 Å². The average molecular weight is 498 g/mol. The van der Waals surface area contributed by atoms with Crippen molar-refractivity contribution >= 4 is 42.2 Å². The minimum absolute atomic E-state index is 0.0134. The Bertz CT molecular complexity index is 894. The molecular formula is C21H31N5O7S. The number of thiol groups is 1. The molecule has 1 rings (SSSR count). The number of nitrogens with two attached hydrogens (primary N) is 2. The van der Waals surface area contributed by atoms with Crippen LogP contribution in [0.5, 0.6) is 5.75 Å². The van der Waals surface area contributed by atoms with E-state index in [-0.39, 0.29) is 23.8 Å². The quantitative estimate of drug-likeness (QED) is 0.146. The SMILES string of the molecule is CC(C)C(N)C(=O)NC(CC(N)=O)C(=O)NC(Cc1ccc(O)cc1)C(=O)NC(CS)C(=O)O. The number of rotatable bonds is 13. The molecule has 0 spiro atoms. The predicted molar refractivity (Wildman–Crippen MR) is 126 cm³/mol. The van der Waals surface area contributed by atoms with E-state index < -0.39 is 60.2 Å². The van der Waals surface area contributed by atoms with E-state index in [0.717, 1.165) is 0 Å². The van der Waals surface area contributed by atoms with Gasteiger partial charge in [0.15, 0.2) is 0 Å². The van der Waals surface area contributed by atoms with Crippen molar-refractivity contribution in [3.63, 3.8) is 0 Å². The first-order valence-corrected chi connectivity index (χ1v) is 11.1. The van der Waals surface area contributed by atoms with E-state index in [1.165, 1.54) is 24.3 Å². The Morgan fingerprint density at radius 2 is 1.41 bits per heavy atom. The Balaban J connectivity index is 3.14. The highest BCUT2D eigenvalue weighted by Crippen LogP contribution is 2.12. The second kappa shape index (κ2) is 13.4. The Morgan fingerprint density at radius 1 is 0.912 bits per heavy atom. The van der Waals surface area contributed by atoms with Crippen LogP contribution < -0.4 is 27.4 Å². The number of carbonyl (C=O) groups is 5. The molecule has 0 heterocycles. The highest BCUT2D eigenvalue weighted by atomic mass is 32.1. The summed E-state index contributed by atoms with van der Waals surface area (Å²) in [7, 11) is 0. The number of phenolic OH excluding ortho intramolecular Hbond substituents is 1. The maximum atomic E-state index is 12.9. The molecule has 34 heavy (non-hydrogen) atoms. The van der Waals surface area contributed by atoms with Crippen LogP contribution >= 0.6 is 12.6 Å². The van der Waals surface area contributed by atoms with E-state index in [2.05, 4.69) is 28.6 Å². The number of carbonyl (C=O) groups excluding carboxylic acids is 4. The van der Waals surface area contributed by atoms with Crippen molar-refractivity contribution < 1.29 is 34.2 Å². The van der Waals surface area contributed by atoms with Gasteiger partial charge in [0, 0.05) is 12.2 Å². The number of hydrogen-bond acceptors (Lipinski definition) is 8. The maximum absolute atomic E-state index is 12.9. The Labute approximate surface area is 202 Å². The number of phenols is 1. The molecule has 1 aromatic carbocycles. The zero-order chi connectivity index (χ0) is 26.0. The molecule has 0 bridgehead atoms. The van der Waals surface area contributed by atoms with Gasteiger partial charge in [0.05, 0.1) is 12.5 Å². The number of hydrogen-bond donors (Lipinski definition) is 8. The number of nitrogens with one attached hydrogen (secondary N) is 3. The molecule has 12 nitrogen and oxygen atoms in total. The predicted octanol–water partition coefficient (Wildman–Crippen LogP) is -1.74. The Morgan fingerprint density at radius 3 is 1.88 bits per heavy atom. The molecule has 0 saturated carbocycles. The fourth-order valence-corrected chi connectivity index (χ4v) is 3.04. The van der Waals surface area contributed by atoms with Crippen LogP contribution in [0.3, 0.4) is 0 Å². The van der Waals surface area contributed by atoms with Crippen LogP contribution in [0.2, 0.25) is 0 Å². The number of aromatic hydroxyl groups is 1. The second-order valence-electron chi connectivity index (χ2n) is 8.02. The third kappa shape index (κ3) is 9.27. The summed E-state index contributed by atoms with van der Waals surface area (Å²) >= 11 is 3.90. The molecule has 0 fully saturated rings. The first-order chi connectivity index (χ1) is 15.8. The minimum Gasteiger partial charge on any atom is -0.508 e. The van der Waals surface area contributed by atoms with Gasteiger partial charge in [-0.3, -0.25) is 19.2 Å². The average Bonchev–Trinajstić information content (AvgIpc) is 2.76. The van der Waals surface area contributed by atoms with Gasteiger partial charge in [-0.15, -0.1) is 0 Å². The van der Waals surface area contributed by atoms with E-state index >= 15 is 0 Å². The van der Waals surface area contributed by atoms with Crippen molar-refractivity contribution in [2.24, 2.45) is 17.4 Å². The van der Waals surface area contributed by atoms with Crippen molar-refractivity contribution in [1.29, 1.82) is 0 Å². The summed E-state index contributed by atoms with van der Waals surface area (Å²) in [4.78, 5) is 60.9. The molecule has 4 amide bonds. The molecule has 0 aromatic heterocycles. The monoisotopic (exact) mass is 497 g/mol. The van der Waals surface area contributed by atoms with Crippen LogP contribution in [0.4, 0.5) is 0 Å². The normalized spacial score (nSPS) is 14.4. The van der Waals surface area contributed by atoms with Gasteiger partial charge in [0.1, 0.15) is 23.9 Å². The minimum atomic E-state index is -1.41. The van der Waals surface area contributed by atoms with Gasteiger partial charge in [-0.05, 0) is 23.6 Å². The molecule has 188 valence electrons. The van der Waals surface area contributed by atoms with Crippen molar-refractivity contribution in [2.45, 2.75) is 50.9 Å². The third-order valence-electron chi connectivity index (χ3n) is 4.87. The summed E-state index contributed by atoms with van der Waals surface area (Å²) in [5.41, 5.74) is 11.5. The third-order valence-corrected chi connectivity index (χ3v) is 5.23. The number of benzene rings is 1. The molecule has 4 atom stereocenters. The number of amides is 4. The first kappa shape index (κ1) is 28.7. The highest BCUT2D eigenvalue weighted by Gasteiger charge is 2.31. The largest absolute Gasteiger partial charge is 0.508 e. The van der Waals surface area contributed by atoms with Gasteiger partial charge in [-0.25, -0.2) is 4.79 Å². The van der Waals surface area contributed by atoms with Crippen molar-refractivity contribution in [3.8, 4) is 5.75 Å². The zero-order valence-corrected chi connectivity index (χ0v) is 19.7. The number of primary amides is 1. The highest BCUT2D eigenvalue weighted by molar-refractivity contribution is 7.80. The van der Waals surface area contributed by atoms with E-state index in [1.807, 2.05) is 0 Å². The zero-order valence-electron chi connectivity index (χ0n) is 18.9. The van der Waals surface area contributed by atoms with Crippen molar-refractivity contribution in [2.75, 3.05) is 5.75 Å². The lowest BCUT2D eigenvalue weighted by atomic mass is 10.0. The molecule has 9 N–H and O–H groups in total. The molecule has 0 radical (unpaired) electrons. The van der Waals surface area contributed by atoms with Gasteiger partial charge >= 0.3 is 5.97 Å². The summed E-state index contributed by atoms with van der Waals surface area (Å²) in [6.07, 6.45) is -0.635. The van der Waals surface area contributed by atoms with Crippen LogP contribution in [0.1, 0.15) is 25.8 Å². The molecule has 4 unspecified atom stereocenters. The van der Waals surface area contributed by atoms with Crippen molar-refractivity contribution in [1.82, 2.24) is 16.0 Å². The number of carboxylic acid groups (broad SMARTS) is 1. The van der Waals surface area contributed by atoms with Crippen LogP contribution in [-0.2, 0) is 30.4 Å². The summed E-state index contributed by atoms with van der Waals surface area (Å²) < 4.78 is 0. The lowest BCUT2D eigenvalue weighted by Gasteiger charge is -2.25. The molecule has 0 aliphatic heterocycles. The summed E-state index contributed by atoms with van der Waals surface area (Å²) in [6, 6.07) is 0.812. The fraction of sp³-hybridized carbons (Fsp3) is 0.476. The smallest absolute Gasteiger partial charge is 0.327 e. The van der Waals surface area contributed by atoms with Crippen molar-refractivity contribution in [3.05, 3.63) is 29.8 Å². The fourth-order valence-electron chi connectivity index (χ4n) is 2.79. The standard InChI is InChI=1S/C21H31N5O7S/c1-10(2)17(23)20(31)25-14(8-16(22)28)19(30)24-13(7-11-3-5-12(27)6-4-11)18(29)26-15(9-34)21(32)33/h3-6,10,13-15,17,27,34H,7-9,23H2,1-2H3,(H2,22,28)(H,24,30)(H,25,31)(H,26,29)(H,32,33). The lowest BCUT2D eigenvalue weighted by molar-refractivity contribution is -0.141. The Kier molecular flexibility index (Phi) is 11.3.